The average molecular weight is 229 g/mol. The van der Waals surface area contributed by atoms with Crippen LogP contribution in [-0.2, 0) is 9.59 Å². The summed E-state index contributed by atoms with van der Waals surface area (Å²) in [6.07, 6.45) is 3.06. The molecule has 1 amide bonds. The Hall–Kier alpha value is -0.970. The van der Waals surface area contributed by atoms with Crippen molar-refractivity contribution in [3.8, 4) is 0 Å². The first-order chi connectivity index (χ1) is 7.13. The highest BCUT2D eigenvalue weighted by Gasteiger charge is 2.21. The molecule has 1 fully saturated rings. The zero-order valence-electron chi connectivity index (χ0n) is 8.68. The maximum atomic E-state index is 11.5. The highest BCUT2D eigenvalue weighted by Crippen LogP contribution is 2.21. The van der Waals surface area contributed by atoms with Crippen molar-refractivity contribution in [1.29, 1.82) is 0 Å². The Bertz CT molecular complexity index is 278. The van der Waals surface area contributed by atoms with Gasteiger partial charge in [0.2, 0.25) is 5.91 Å². The zero-order chi connectivity index (χ0) is 11.3. The molecule has 1 rings (SSSR count). The molecule has 1 aliphatic rings. The molecule has 1 atom stereocenters. The van der Waals surface area contributed by atoms with Gasteiger partial charge >= 0.3 is 5.97 Å². The molecule has 0 aromatic carbocycles. The Labute approximate surface area is 93.3 Å². The summed E-state index contributed by atoms with van der Waals surface area (Å²) >= 11 is 1.87. The van der Waals surface area contributed by atoms with Crippen molar-refractivity contribution >= 4 is 23.6 Å². The Balaban J connectivity index is 2.48. The summed E-state index contributed by atoms with van der Waals surface area (Å²) in [5, 5.41) is 8.88. The Morgan fingerprint density at radius 2 is 2.27 bits per heavy atom. The molecule has 1 heterocycles. The van der Waals surface area contributed by atoms with E-state index in [0.717, 1.165) is 30.9 Å². The van der Waals surface area contributed by atoms with Gasteiger partial charge in [-0.15, -0.1) is 0 Å². The smallest absolute Gasteiger partial charge is 0.328 e. The van der Waals surface area contributed by atoms with Crippen molar-refractivity contribution in [2.45, 2.75) is 18.6 Å². The van der Waals surface area contributed by atoms with Crippen molar-refractivity contribution < 1.29 is 14.7 Å². The molecule has 1 unspecified atom stereocenters. The minimum absolute atomic E-state index is 0.198. The largest absolute Gasteiger partial charge is 0.478 e. The van der Waals surface area contributed by atoms with Gasteiger partial charge < -0.3 is 10.0 Å². The summed E-state index contributed by atoms with van der Waals surface area (Å²) in [5.74, 6) is -0.344. The van der Waals surface area contributed by atoms with Gasteiger partial charge in [-0.2, -0.15) is 11.8 Å². The first-order valence-corrected chi connectivity index (χ1v) is 6.00. The lowest BCUT2D eigenvalue weighted by Gasteiger charge is -2.31. The number of carbonyl (C=O) groups excluding carboxylic acids is 1. The maximum absolute atomic E-state index is 11.5. The van der Waals surface area contributed by atoms with E-state index in [4.69, 9.17) is 5.11 Å². The molecular weight excluding hydrogens is 214 g/mol. The van der Waals surface area contributed by atoms with Gasteiger partial charge in [-0.1, -0.05) is 6.92 Å². The fraction of sp³-hybridized carbons (Fsp3) is 0.600. The van der Waals surface area contributed by atoms with Crippen molar-refractivity contribution in [2.24, 2.45) is 0 Å². The van der Waals surface area contributed by atoms with Crippen LogP contribution in [0.15, 0.2) is 12.2 Å². The molecule has 1 aliphatic heterocycles. The molecule has 1 N–H and O–H groups in total. The third-order valence-corrected chi connectivity index (χ3v) is 3.65. The molecule has 0 radical (unpaired) electrons. The molecular formula is C10H15NO3S. The Morgan fingerprint density at radius 3 is 2.87 bits per heavy atom. The van der Waals surface area contributed by atoms with Gasteiger partial charge in [0.1, 0.15) is 0 Å². The topological polar surface area (TPSA) is 57.6 Å². The second kappa shape index (κ2) is 5.80. The molecule has 0 spiro atoms. The molecule has 0 aliphatic carbocycles. The molecule has 4 nitrogen and oxygen atoms in total. The predicted octanol–water partition coefficient (Wildman–Crippen LogP) is 0.981. The third kappa shape index (κ3) is 3.95. The van der Waals surface area contributed by atoms with E-state index in [1.165, 1.54) is 0 Å². The van der Waals surface area contributed by atoms with E-state index in [9.17, 15) is 9.59 Å². The molecule has 1 saturated heterocycles. The van der Waals surface area contributed by atoms with Crippen LogP contribution in [0, 0.1) is 0 Å². The molecule has 5 heteroatoms. The number of aliphatic carboxylic acids is 1. The number of rotatable bonds is 3. The Kier molecular flexibility index (Phi) is 4.68. The highest BCUT2D eigenvalue weighted by atomic mass is 32.2. The van der Waals surface area contributed by atoms with Gasteiger partial charge in [-0.25, -0.2) is 4.79 Å². The van der Waals surface area contributed by atoms with Crippen LogP contribution >= 0.6 is 11.8 Å². The van der Waals surface area contributed by atoms with Gasteiger partial charge in [0, 0.05) is 36.2 Å². The quantitative estimate of drug-likeness (QED) is 0.733. The van der Waals surface area contributed by atoms with E-state index >= 15 is 0 Å². The number of nitrogens with zero attached hydrogens (tertiary/aromatic N) is 1. The van der Waals surface area contributed by atoms with E-state index in [1.807, 2.05) is 11.8 Å². The summed E-state index contributed by atoms with van der Waals surface area (Å²) in [5.41, 5.74) is 0. The van der Waals surface area contributed by atoms with Gasteiger partial charge in [0.25, 0.3) is 0 Å². The van der Waals surface area contributed by atoms with E-state index in [1.54, 1.807) is 4.90 Å². The Morgan fingerprint density at radius 1 is 1.53 bits per heavy atom. The average Bonchev–Trinajstić information content (AvgIpc) is 2.26. The highest BCUT2D eigenvalue weighted by molar-refractivity contribution is 8.00. The van der Waals surface area contributed by atoms with Gasteiger partial charge in [-0.05, 0) is 6.42 Å². The van der Waals surface area contributed by atoms with Crippen LogP contribution in [-0.4, -0.2) is 46.0 Å². The standard InChI is InChI=1S/C10H15NO3S/c1-2-8-7-11(5-6-15-8)9(12)3-4-10(13)14/h3-4,8H,2,5-7H2,1H3,(H,13,14)/b4-3+. The monoisotopic (exact) mass is 229 g/mol. The van der Waals surface area contributed by atoms with Gasteiger partial charge in [0.15, 0.2) is 0 Å². The maximum Gasteiger partial charge on any atom is 0.328 e. The first kappa shape index (κ1) is 12.1. The minimum atomic E-state index is -1.08. The van der Waals surface area contributed by atoms with E-state index in [0.29, 0.717) is 11.8 Å². The van der Waals surface area contributed by atoms with Crippen molar-refractivity contribution in [3.05, 3.63) is 12.2 Å². The number of carboxylic acid groups (broad SMARTS) is 1. The van der Waals surface area contributed by atoms with Crippen LogP contribution < -0.4 is 0 Å². The summed E-state index contributed by atoms with van der Waals surface area (Å²) in [6.45, 7) is 3.53. The predicted molar refractivity (Wildman–Crippen MR) is 59.9 cm³/mol. The zero-order valence-corrected chi connectivity index (χ0v) is 9.50. The number of hydrogen-bond acceptors (Lipinski definition) is 3. The lowest BCUT2D eigenvalue weighted by Crippen LogP contribution is -2.40. The minimum Gasteiger partial charge on any atom is -0.478 e. The number of thioether (sulfide) groups is 1. The van der Waals surface area contributed by atoms with E-state index < -0.39 is 5.97 Å². The fourth-order valence-corrected chi connectivity index (χ4v) is 2.59. The number of carboxylic acids is 1. The molecule has 15 heavy (non-hydrogen) atoms. The summed E-state index contributed by atoms with van der Waals surface area (Å²) < 4.78 is 0. The SMILES string of the molecule is CCC1CN(C(=O)/C=C/C(=O)O)CCS1. The van der Waals surface area contributed by atoms with Gasteiger partial charge in [-0.3, -0.25) is 4.79 Å². The number of hydrogen-bond donors (Lipinski definition) is 1. The first-order valence-electron chi connectivity index (χ1n) is 4.95. The third-order valence-electron chi connectivity index (χ3n) is 2.27. The summed E-state index contributed by atoms with van der Waals surface area (Å²) in [6, 6.07) is 0. The molecule has 0 aromatic rings. The summed E-state index contributed by atoms with van der Waals surface area (Å²) in [4.78, 5) is 23.5. The fourth-order valence-electron chi connectivity index (χ4n) is 1.41. The summed E-state index contributed by atoms with van der Waals surface area (Å²) in [7, 11) is 0. The van der Waals surface area contributed by atoms with Crippen LogP contribution in [0.1, 0.15) is 13.3 Å². The lowest BCUT2D eigenvalue weighted by atomic mass is 10.3. The normalized spacial score (nSPS) is 21.9. The van der Waals surface area contributed by atoms with Crippen LogP contribution in [0.25, 0.3) is 0 Å². The molecule has 0 aromatic heterocycles. The van der Waals surface area contributed by atoms with E-state index in [2.05, 4.69) is 6.92 Å². The van der Waals surface area contributed by atoms with Crippen LogP contribution in [0.5, 0.6) is 0 Å². The van der Waals surface area contributed by atoms with Crippen molar-refractivity contribution in [2.75, 3.05) is 18.8 Å². The lowest BCUT2D eigenvalue weighted by molar-refractivity contribution is -0.132. The number of amides is 1. The van der Waals surface area contributed by atoms with Crippen molar-refractivity contribution in [1.82, 2.24) is 4.90 Å². The molecule has 0 bridgehead atoms. The van der Waals surface area contributed by atoms with Crippen LogP contribution in [0.3, 0.4) is 0 Å². The second-order valence-corrected chi connectivity index (χ2v) is 4.77. The van der Waals surface area contributed by atoms with E-state index in [-0.39, 0.29) is 5.91 Å². The molecule has 84 valence electrons. The van der Waals surface area contributed by atoms with Gasteiger partial charge in [0.05, 0.1) is 0 Å². The number of carbonyl (C=O) groups is 2. The van der Waals surface area contributed by atoms with Crippen LogP contribution in [0.2, 0.25) is 0 Å². The second-order valence-electron chi connectivity index (χ2n) is 3.36. The molecule has 0 saturated carbocycles. The van der Waals surface area contributed by atoms with Crippen molar-refractivity contribution in [3.63, 3.8) is 0 Å². The van der Waals surface area contributed by atoms with Crippen LogP contribution in [0.4, 0.5) is 0 Å².